The maximum atomic E-state index is 12.4. The van der Waals surface area contributed by atoms with Gasteiger partial charge in [0.25, 0.3) is 5.91 Å². The van der Waals surface area contributed by atoms with E-state index >= 15 is 0 Å². The highest BCUT2D eigenvalue weighted by Crippen LogP contribution is 2.19. The summed E-state index contributed by atoms with van der Waals surface area (Å²) in [6, 6.07) is 10.1. The first kappa shape index (κ1) is 13.6. The molecule has 3 nitrogen and oxygen atoms in total. The molecule has 0 aromatic heterocycles. The van der Waals surface area contributed by atoms with Gasteiger partial charge >= 0.3 is 0 Å². The molecule has 0 N–H and O–H groups in total. The van der Waals surface area contributed by atoms with Crippen LogP contribution in [0.1, 0.15) is 48.5 Å². The molecular weight excluding hydrogens is 236 g/mol. The van der Waals surface area contributed by atoms with Crippen molar-refractivity contribution in [1.82, 2.24) is 4.90 Å². The highest BCUT2D eigenvalue weighted by Gasteiger charge is 2.24. The van der Waals surface area contributed by atoms with Crippen LogP contribution in [0.5, 0.6) is 0 Å². The Balaban J connectivity index is 2.09. The number of likely N-dealkylation sites (tertiary alicyclic amines) is 1. The van der Waals surface area contributed by atoms with Gasteiger partial charge in [0.2, 0.25) is 0 Å². The number of amides is 1. The number of hydrogen-bond donors (Lipinski definition) is 0. The predicted octanol–water partition coefficient (Wildman–Crippen LogP) is 3.19. The zero-order chi connectivity index (χ0) is 13.8. The molecule has 0 aliphatic carbocycles. The molecule has 1 aromatic carbocycles. The molecule has 0 spiro atoms. The Kier molecular flexibility index (Phi) is 4.21. The molecule has 1 aromatic rings. The van der Waals surface area contributed by atoms with Crippen molar-refractivity contribution in [2.45, 2.75) is 32.6 Å². The summed E-state index contributed by atoms with van der Waals surface area (Å²) in [5.41, 5.74) is 1.97. The summed E-state index contributed by atoms with van der Waals surface area (Å²) >= 11 is 0. The van der Waals surface area contributed by atoms with Crippen LogP contribution in [0.3, 0.4) is 0 Å². The van der Waals surface area contributed by atoms with Gasteiger partial charge < -0.3 is 4.90 Å². The predicted molar refractivity (Wildman–Crippen MR) is 74.8 cm³/mol. The first-order valence-corrected chi connectivity index (χ1v) is 6.90. The Labute approximate surface area is 114 Å². The molecule has 1 fully saturated rings. The van der Waals surface area contributed by atoms with E-state index in [9.17, 15) is 4.79 Å². The van der Waals surface area contributed by atoms with Crippen molar-refractivity contribution in [3.8, 4) is 6.07 Å². The third-order valence-electron chi connectivity index (χ3n) is 3.72. The maximum absolute atomic E-state index is 12.4. The summed E-state index contributed by atoms with van der Waals surface area (Å²) in [6.45, 7) is 5.61. The Morgan fingerprint density at radius 2 is 2.05 bits per heavy atom. The molecule has 1 heterocycles. The van der Waals surface area contributed by atoms with Gasteiger partial charge in [-0.3, -0.25) is 4.79 Å². The Hall–Kier alpha value is -1.82. The number of nitrogens with zero attached hydrogens (tertiary/aromatic N) is 2. The zero-order valence-corrected chi connectivity index (χ0v) is 11.6. The Morgan fingerprint density at radius 1 is 1.37 bits per heavy atom. The van der Waals surface area contributed by atoms with E-state index in [2.05, 4.69) is 19.9 Å². The van der Waals surface area contributed by atoms with Crippen molar-refractivity contribution < 1.29 is 4.79 Å². The van der Waals surface area contributed by atoms with Gasteiger partial charge in [0.1, 0.15) is 0 Å². The van der Waals surface area contributed by atoms with Crippen LogP contribution in [0.4, 0.5) is 0 Å². The van der Waals surface area contributed by atoms with Crippen molar-refractivity contribution in [1.29, 1.82) is 5.26 Å². The number of nitriles is 1. The fourth-order valence-corrected chi connectivity index (χ4v) is 2.46. The minimum atomic E-state index is -0.00682. The van der Waals surface area contributed by atoms with Crippen LogP contribution in [0, 0.1) is 17.2 Å². The highest BCUT2D eigenvalue weighted by molar-refractivity contribution is 5.94. The molecule has 19 heavy (non-hydrogen) atoms. The number of hydrogen-bond acceptors (Lipinski definition) is 2. The molecule has 0 saturated carbocycles. The molecule has 0 radical (unpaired) electrons. The molecular formula is C16H20N2O. The second-order valence-electron chi connectivity index (χ2n) is 5.50. The first-order valence-electron chi connectivity index (χ1n) is 6.90. The number of benzene rings is 1. The standard InChI is InChI=1S/C16H20N2O/c1-12(2)14-5-7-15(8-6-14)16(19)18-9-3-4-13(10-17)11-18/h5-8,12-13H,3-4,9,11H2,1-2H3. The molecule has 1 saturated heterocycles. The second-order valence-corrected chi connectivity index (χ2v) is 5.50. The van der Waals surface area contributed by atoms with E-state index < -0.39 is 0 Å². The molecule has 2 rings (SSSR count). The lowest BCUT2D eigenvalue weighted by Crippen LogP contribution is -2.39. The van der Waals surface area contributed by atoms with Gasteiger partial charge in [0.15, 0.2) is 0 Å². The van der Waals surface area contributed by atoms with Crippen LogP contribution in [-0.2, 0) is 0 Å². The summed E-state index contributed by atoms with van der Waals surface area (Å²) in [5, 5.41) is 8.97. The molecule has 1 aliphatic heterocycles. The van der Waals surface area contributed by atoms with Gasteiger partial charge in [-0.05, 0) is 36.5 Å². The molecule has 3 heteroatoms. The van der Waals surface area contributed by atoms with E-state index in [1.165, 1.54) is 5.56 Å². The minimum absolute atomic E-state index is 0.00682. The maximum Gasteiger partial charge on any atom is 0.253 e. The lowest BCUT2D eigenvalue weighted by molar-refractivity contribution is 0.0699. The van der Waals surface area contributed by atoms with Crippen molar-refractivity contribution >= 4 is 5.91 Å². The van der Waals surface area contributed by atoms with E-state index in [1.54, 1.807) is 0 Å². The number of carbonyl (C=O) groups excluding carboxylic acids is 1. The second kappa shape index (κ2) is 5.88. The van der Waals surface area contributed by atoms with Crippen molar-refractivity contribution in [3.63, 3.8) is 0 Å². The molecule has 0 bridgehead atoms. The van der Waals surface area contributed by atoms with Crippen LogP contribution >= 0.6 is 0 Å². The van der Waals surface area contributed by atoms with Gasteiger partial charge in [-0.15, -0.1) is 0 Å². The van der Waals surface area contributed by atoms with Gasteiger partial charge in [0, 0.05) is 18.7 Å². The van der Waals surface area contributed by atoms with Gasteiger partial charge in [-0.1, -0.05) is 26.0 Å². The smallest absolute Gasteiger partial charge is 0.253 e. The summed E-state index contributed by atoms with van der Waals surface area (Å²) in [5.74, 6) is 0.519. The highest BCUT2D eigenvalue weighted by atomic mass is 16.2. The van der Waals surface area contributed by atoms with Crippen molar-refractivity contribution in [3.05, 3.63) is 35.4 Å². The quantitative estimate of drug-likeness (QED) is 0.815. The average Bonchev–Trinajstić information content (AvgIpc) is 2.46. The van der Waals surface area contributed by atoms with Crippen molar-refractivity contribution in [2.24, 2.45) is 5.92 Å². The lowest BCUT2D eigenvalue weighted by atomic mass is 9.98. The van der Waals surface area contributed by atoms with E-state index in [0.29, 0.717) is 12.5 Å². The normalized spacial score (nSPS) is 19.3. The summed E-state index contributed by atoms with van der Waals surface area (Å²) in [4.78, 5) is 14.2. The van der Waals surface area contributed by atoms with E-state index in [0.717, 1.165) is 24.9 Å². The van der Waals surface area contributed by atoms with Crippen LogP contribution in [-0.4, -0.2) is 23.9 Å². The molecule has 1 atom stereocenters. The Bertz CT molecular complexity index is 484. The average molecular weight is 256 g/mol. The first-order chi connectivity index (χ1) is 9.11. The molecule has 1 amide bonds. The monoisotopic (exact) mass is 256 g/mol. The van der Waals surface area contributed by atoms with Gasteiger partial charge in [-0.2, -0.15) is 5.26 Å². The number of carbonyl (C=O) groups is 1. The largest absolute Gasteiger partial charge is 0.337 e. The fraction of sp³-hybridized carbons (Fsp3) is 0.500. The summed E-state index contributed by atoms with van der Waals surface area (Å²) < 4.78 is 0. The molecule has 1 unspecified atom stereocenters. The van der Waals surface area contributed by atoms with Gasteiger partial charge in [-0.25, -0.2) is 0 Å². The molecule has 100 valence electrons. The van der Waals surface area contributed by atoms with Gasteiger partial charge in [0.05, 0.1) is 12.0 Å². The summed E-state index contributed by atoms with van der Waals surface area (Å²) in [6.07, 6.45) is 1.83. The van der Waals surface area contributed by atoms with E-state index in [4.69, 9.17) is 5.26 Å². The Morgan fingerprint density at radius 3 is 2.63 bits per heavy atom. The SMILES string of the molecule is CC(C)c1ccc(C(=O)N2CCCC(C#N)C2)cc1. The zero-order valence-electron chi connectivity index (χ0n) is 11.6. The van der Waals surface area contributed by atoms with Crippen LogP contribution in [0.2, 0.25) is 0 Å². The van der Waals surface area contributed by atoms with Crippen LogP contribution < -0.4 is 0 Å². The van der Waals surface area contributed by atoms with E-state index in [-0.39, 0.29) is 11.8 Å². The van der Waals surface area contributed by atoms with Crippen molar-refractivity contribution in [2.75, 3.05) is 13.1 Å². The molecule has 1 aliphatic rings. The third kappa shape index (κ3) is 3.14. The minimum Gasteiger partial charge on any atom is -0.337 e. The third-order valence-corrected chi connectivity index (χ3v) is 3.72. The fourth-order valence-electron chi connectivity index (χ4n) is 2.46. The lowest BCUT2D eigenvalue weighted by Gasteiger charge is -2.29. The topological polar surface area (TPSA) is 44.1 Å². The van der Waals surface area contributed by atoms with Crippen LogP contribution in [0.25, 0.3) is 0 Å². The number of rotatable bonds is 2. The van der Waals surface area contributed by atoms with E-state index in [1.807, 2.05) is 29.2 Å². The summed E-state index contributed by atoms with van der Waals surface area (Å²) in [7, 11) is 0. The number of piperidine rings is 1. The van der Waals surface area contributed by atoms with Crippen LogP contribution in [0.15, 0.2) is 24.3 Å².